The van der Waals surface area contributed by atoms with Crippen LogP contribution in [0.25, 0.3) is 0 Å². The number of β-lactam (4-membered cyclic amide) rings is 1. The summed E-state index contributed by atoms with van der Waals surface area (Å²) in [6, 6.07) is -3.02. The molecule has 0 aromatic carbocycles. The summed E-state index contributed by atoms with van der Waals surface area (Å²) in [4.78, 5) is 49.9. The predicted molar refractivity (Wildman–Crippen MR) is 85.9 cm³/mol. The maximum absolute atomic E-state index is 13.2. The van der Waals surface area contributed by atoms with Gasteiger partial charge in [-0.15, -0.1) is 0 Å². The molecule has 3 aliphatic rings. The van der Waals surface area contributed by atoms with Crippen molar-refractivity contribution in [2.24, 2.45) is 0 Å². The van der Waals surface area contributed by atoms with Gasteiger partial charge in [0, 0.05) is 0 Å². The van der Waals surface area contributed by atoms with E-state index in [1.54, 1.807) is 0 Å². The van der Waals surface area contributed by atoms with Gasteiger partial charge in [-0.05, 0) is 12.2 Å². The molecular formula is C16H18N2O10. The van der Waals surface area contributed by atoms with Crippen molar-refractivity contribution in [2.75, 3.05) is 13.2 Å². The second kappa shape index (κ2) is 7.48. The molecule has 3 saturated heterocycles. The minimum absolute atomic E-state index is 0.0267. The van der Waals surface area contributed by atoms with E-state index in [2.05, 4.69) is 0 Å². The molecule has 0 radical (unpaired) electrons. The van der Waals surface area contributed by atoms with Gasteiger partial charge in [0.1, 0.15) is 17.9 Å². The van der Waals surface area contributed by atoms with Crippen LogP contribution in [0.15, 0.2) is 23.7 Å². The summed E-state index contributed by atoms with van der Waals surface area (Å²) in [6.07, 6.45) is -0.667. The zero-order valence-electron chi connectivity index (χ0n) is 14.4. The molecule has 3 aliphatic heterocycles. The lowest BCUT2D eigenvalue weighted by atomic mass is 10.1. The maximum Gasteiger partial charge on any atom is 0.334 e. The van der Waals surface area contributed by atoms with Crippen LogP contribution in [0, 0.1) is 0 Å². The number of hydrogen-bond donors (Lipinski definition) is 4. The van der Waals surface area contributed by atoms with Crippen LogP contribution in [0.4, 0.5) is 0 Å². The third kappa shape index (κ3) is 3.16. The Morgan fingerprint density at radius 1 is 1.04 bits per heavy atom. The molecule has 12 nitrogen and oxygen atoms in total. The molecule has 4 N–H and O–H groups in total. The van der Waals surface area contributed by atoms with Gasteiger partial charge in [-0.3, -0.25) is 24.2 Å². The summed E-state index contributed by atoms with van der Waals surface area (Å²) >= 11 is 0. The number of hydrogen-bond acceptors (Lipinski definition) is 8. The van der Waals surface area contributed by atoms with Crippen molar-refractivity contribution >= 4 is 23.8 Å². The highest BCUT2D eigenvalue weighted by Gasteiger charge is 2.58. The minimum atomic E-state index is -1.69. The topological polar surface area (TPSA) is 174 Å². The van der Waals surface area contributed by atoms with Crippen molar-refractivity contribution in [2.45, 2.75) is 37.4 Å². The largest absolute Gasteiger partial charge is 0.481 e. The molecule has 0 bridgehead atoms. The third-order valence-electron chi connectivity index (χ3n) is 4.55. The standard InChI is InChI=1S/C16H18N2O10/c19-3-1-7-13(17-9(21)5-10(17)27-7)15(24)18-11(6-12(22)23)28-8(2-4-20)14(18)16(25)26/h1-2,10-11,13-14,19-20H,3-6H2,(H,22,23)(H,25,26). The van der Waals surface area contributed by atoms with E-state index in [1.165, 1.54) is 6.08 Å². The quantitative estimate of drug-likeness (QED) is 0.360. The van der Waals surface area contributed by atoms with E-state index in [9.17, 15) is 24.3 Å². The van der Waals surface area contributed by atoms with Gasteiger partial charge in [-0.25, -0.2) is 4.79 Å². The SMILES string of the molecule is O=C(O)CC1OC(=CCO)C(C(=O)O)N1C(=O)C1C(=CCO)OC2CC(=O)N21. The predicted octanol–water partition coefficient (Wildman–Crippen LogP) is -2.19. The third-order valence-corrected chi connectivity index (χ3v) is 4.55. The first-order valence-corrected chi connectivity index (χ1v) is 8.33. The molecule has 0 aliphatic carbocycles. The van der Waals surface area contributed by atoms with E-state index < -0.39 is 67.9 Å². The van der Waals surface area contributed by atoms with Crippen LogP contribution in [0.2, 0.25) is 0 Å². The minimum Gasteiger partial charge on any atom is -0.481 e. The zero-order chi connectivity index (χ0) is 20.6. The molecule has 3 heterocycles. The van der Waals surface area contributed by atoms with Crippen molar-refractivity contribution in [3.8, 4) is 0 Å². The first-order chi connectivity index (χ1) is 13.3. The van der Waals surface area contributed by atoms with Gasteiger partial charge in [0.2, 0.25) is 5.91 Å². The van der Waals surface area contributed by atoms with Crippen molar-refractivity contribution in [1.82, 2.24) is 9.80 Å². The molecular weight excluding hydrogens is 380 g/mol. The summed E-state index contributed by atoms with van der Waals surface area (Å²) in [5.74, 6) is -4.48. The number of amides is 2. The molecule has 0 aromatic heterocycles. The fourth-order valence-corrected chi connectivity index (χ4v) is 3.43. The maximum atomic E-state index is 13.2. The average molecular weight is 398 g/mol. The first-order valence-electron chi connectivity index (χ1n) is 8.33. The van der Waals surface area contributed by atoms with Gasteiger partial charge >= 0.3 is 11.9 Å². The molecule has 2 amide bonds. The summed E-state index contributed by atoms with van der Waals surface area (Å²) in [5.41, 5.74) is 0. The number of aliphatic hydroxyl groups is 2. The Balaban J connectivity index is 2.00. The van der Waals surface area contributed by atoms with E-state index in [1.807, 2.05) is 0 Å². The number of carbonyl (C=O) groups is 4. The van der Waals surface area contributed by atoms with E-state index in [4.69, 9.17) is 24.8 Å². The number of aliphatic carboxylic acids is 2. The molecule has 0 spiro atoms. The van der Waals surface area contributed by atoms with Gasteiger partial charge in [0.05, 0.1) is 19.6 Å². The summed E-state index contributed by atoms with van der Waals surface area (Å²) in [7, 11) is 0. The Kier molecular flexibility index (Phi) is 5.25. The number of fused-ring (bicyclic) bond motifs is 1. The fourth-order valence-electron chi connectivity index (χ4n) is 3.43. The summed E-state index contributed by atoms with van der Waals surface area (Å²) in [6.45, 7) is -1.07. The van der Waals surface area contributed by atoms with Crippen LogP contribution in [-0.4, -0.2) is 91.7 Å². The molecule has 152 valence electrons. The van der Waals surface area contributed by atoms with Crippen LogP contribution >= 0.6 is 0 Å². The smallest absolute Gasteiger partial charge is 0.334 e. The number of ether oxygens (including phenoxy) is 2. The van der Waals surface area contributed by atoms with Crippen molar-refractivity contribution < 1.29 is 49.1 Å². The Bertz CT molecular complexity index is 775. The number of rotatable bonds is 6. The average Bonchev–Trinajstić information content (AvgIpc) is 3.09. The van der Waals surface area contributed by atoms with Gasteiger partial charge in [-0.2, -0.15) is 0 Å². The van der Waals surface area contributed by atoms with E-state index in [0.717, 1.165) is 11.0 Å². The van der Waals surface area contributed by atoms with E-state index in [0.29, 0.717) is 4.90 Å². The van der Waals surface area contributed by atoms with Crippen LogP contribution in [-0.2, 0) is 28.7 Å². The summed E-state index contributed by atoms with van der Waals surface area (Å²) in [5, 5.41) is 36.9. The number of carboxylic acids is 2. The second-order valence-corrected chi connectivity index (χ2v) is 6.21. The number of nitrogens with zero attached hydrogens (tertiary/aromatic N) is 2. The van der Waals surface area contributed by atoms with Crippen LogP contribution < -0.4 is 0 Å². The molecule has 0 aromatic rings. The highest BCUT2D eigenvalue weighted by molar-refractivity contribution is 5.96. The Morgan fingerprint density at radius 2 is 1.64 bits per heavy atom. The summed E-state index contributed by atoms with van der Waals surface area (Å²) < 4.78 is 10.8. The van der Waals surface area contributed by atoms with E-state index >= 15 is 0 Å². The zero-order valence-corrected chi connectivity index (χ0v) is 14.4. The van der Waals surface area contributed by atoms with E-state index in [-0.39, 0.29) is 17.9 Å². The van der Waals surface area contributed by atoms with Crippen molar-refractivity contribution in [3.05, 3.63) is 23.7 Å². The van der Waals surface area contributed by atoms with Crippen LogP contribution in [0.5, 0.6) is 0 Å². The molecule has 28 heavy (non-hydrogen) atoms. The van der Waals surface area contributed by atoms with Crippen molar-refractivity contribution in [1.29, 1.82) is 0 Å². The molecule has 4 unspecified atom stereocenters. The normalized spacial score (nSPS) is 31.4. The molecule has 3 fully saturated rings. The lowest BCUT2D eigenvalue weighted by Gasteiger charge is -2.36. The molecule has 4 atom stereocenters. The lowest BCUT2D eigenvalue weighted by Crippen LogP contribution is -2.59. The Hall–Kier alpha value is -3.12. The monoisotopic (exact) mass is 398 g/mol. The second-order valence-electron chi connectivity index (χ2n) is 6.21. The number of aliphatic hydroxyl groups excluding tert-OH is 2. The van der Waals surface area contributed by atoms with Gasteiger partial charge in [0.15, 0.2) is 24.5 Å². The Morgan fingerprint density at radius 3 is 2.14 bits per heavy atom. The molecule has 3 rings (SSSR count). The fraction of sp³-hybridized carbons (Fsp3) is 0.500. The number of carbonyl (C=O) groups excluding carboxylic acids is 2. The number of carboxylic acid groups (broad SMARTS) is 2. The highest BCUT2D eigenvalue weighted by Crippen LogP contribution is 2.39. The first kappa shape index (κ1) is 19.6. The molecule has 0 saturated carbocycles. The van der Waals surface area contributed by atoms with Gasteiger partial charge in [0.25, 0.3) is 5.91 Å². The van der Waals surface area contributed by atoms with Crippen LogP contribution in [0.3, 0.4) is 0 Å². The Labute approximate surface area is 157 Å². The lowest BCUT2D eigenvalue weighted by molar-refractivity contribution is -0.165. The molecule has 12 heteroatoms. The van der Waals surface area contributed by atoms with Crippen molar-refractivity contribution in [3.63, 3.8) is 0 Å². The van der Waals surface area contributed by atoms with Crippen LogP contribution in [0.1, 0.15) is 12.8 Å². The van der Waals surface area contributed by atoms with Gasteiger partial charge in [-0.1, -0.05) is 0 Å². The van der Waals surface area contributed by atoms with Gasteiger partial charge < -0.3 is 29.9 Å². The highest BCUT2D eigenvalue weighted by atomic mass is 16.5.